The van der Waals surface area contributed by atoms with Gasteiger partial charge in [0.25, 0.3) is 0 Å². The molecular weight excluding hydrogens is 250 g/mol. The van der Waals surface area contributed by atoms with Crippen molar-refractivity contribution in [1.29, 1.82) is 0 Å². The quantitative estimate of drug-likeness (QED) is 0.908. The number of rotatable bonds is 5. The van der Waals surface area contributed by atoms with Crippen molar-refractivity contribution in [3.63, 3.8) is 0 Å². The van der Waals surface area contributed by atoms with E-state index < -0.39 is 0 Å². The van der Waals surface area contributed by atoms with Gasteiger partial charge in [0.15, 0.2) is 0 Å². The summed E-state index contributed by atoms with van der Waals surface area (Å²) in [4.78, 5) is 4.54. The van der Waals surface area contributed by atoms with Gasteiger partial charge in [-0.25, -0.2) is 4.98 Å². The second-order valence-electron chi connectivity index (χ2n) is 5.34. The largest absolute Gasteiger partial charge is 0.488 e. The first-order chi connectivity index (χ1) is 9.76. The summed E-state index contributed by atoms with van der Waals surface area (Å²) in [6, 6.07) is 8.28. The molecule has 2 aromatic rings. The van der Waals surface area contributed by atoms with E-state index >= 15 is 0 Å². The summed E-state index contributed by atoms with van der Waals surface area (Å²) in [5.74, 6) is 1.97. The van der Waals surface area contributed by atoms with E-state index in [0.29, 0.717) is 0 Å². The average Bonchev–Trinajstić information content (AvgIpc) is 2.99. The molecule has 0 bridgehead atoms. The molecule has 1 atom stereocenters. The van der Waals surface area contributed by atoms with Gasteiger partial charge in [-0.2, -0.15) is 0 Å². The summed E-state index contributed by atoms with van der Waals surface area (Å²) in [6.45, 7) is 5.96. The molecule has 1 aromatic heterocycles. The lowest BCUT2D eigenvalue weighted by molar-refractivity contribution is 0.210. The van der Waals surface area contributed by atoms with Crippen molar-refractivity contribution in [2.75, 3.05) is 11.9 Å². The van der Waals surface area contributed by atoms with E-state index in [4.69, 9.17) is 4.74 Å². The molecule has 0 amide bonds. The van der Waals surface area contributed by atoms with Gasteiger partial charge in [0, 0.05) is 19.2 Å². The van der Waals surface area contributed by atoms with Crippen molar-refractivity contribution < 1.29 is 4.74 Å². The number of fused-ring (bicyclic) bond motifs is 1. The highest BCUT2D eigenvalue weighted by Gasteiger charge is 2.23. The van der Waals surface area contributed by atoms with E-state index in [1.165, 1.54) is 5.56 Å². The van der Waals surface area contributed by atoms with Crippen LogP contribution in [0.4, 0.5) is 5.95 Å². The Labute approximate surface area is 119 Å². The van der Waals surface area contributed by atoms with Gasteiger partial charge in [0.1, 0.15) is 11.9 Å². The van der Waals surface area contributed by atoms with Crippen LogP contribution >= 0.6 is 0 Å². The highest BCUT2D eigenvalue weighted by Crippen LogP contribution is 2.29. The number of benzene rings is 1. The summed E-state index contributed by atoms with van der Waals surface area (Å²) in [6.07, 6.45) is 4.35. The zero-order valence-corrected chi connectivity index (χ0v) is 12.1. The number of para-hydroxylation sites is 1. The molecule has 0 spiro atoms. The van der Waals surface area contributed by atoms with Gasteiger partial charge >= 0.3 is 0 Å². The maximum atomic E-state index is 6.00. The predicted molar refractivity (Wildman–Crippen MR) is 80.3 cm³/mol. The average molecular weight is 271 g/mol. The fourth-order valence-corrected chi connectivity index (χ4v) is 2.64. The molecule has 1 aliphatic rings. The van der Waals surface area contributed by atoms with Crippen LogP contribution in [0.3, 0.4) is 0 Å². The van der Waals surface area contributed by atoms with Gasteiger partial charge in [-0.05, 0) is 25.0 Å². The number of aromatic nitrogens is 2. The van der Waals surface area contributed by atoms with Crippen LogP contribution < -0.4 is 10.1 Å². The highest BCUT2D eigenvalue weighted by atomic mass is 16.5. The van der Waals surface area contributed by atoms with Crippen LogP contribution in [-0.4, -0.2) is 22.2 Å². The fraction of sp³-hybridized carbons (Fsp3) is 0.438. The van der Waals surface area contributed by atoms with Crippen molar-refractivity contribution in [3.05, 3.63) is 41.7 Å². The third-order valence-electron chi connectivity index (χ3n) is 3.54. The molecule has 0 saturated heterocycles. The molecule has 4 heteroatoms. The standard InChI is InChI=1S/C16H21N3O/c1-3-8-17-16-18-12(2)10-19(16)11-14-9-13-6-4-5-7-15(13)20-14/h4-7,10,14H,3,8-9,11H2,1-2H3,(H,17,18). The number of imidazole rings is 1. The second-order valence-corrected chi connectivity index (χ2v) is 5.34. The molecule has 0 fully saturated rings. The minimum Gasteiger partial charge on any atom is -0.488 e. The molecule has 0 radical (unpaired) electrons. The lowest BCUT2D eigenvalue weighted by Gasteiger charge is -2.14. The van der Waals surface area contributed by atoms with Crippen molar-refractivity contribution >= 4 is 5.95 Å². The maximum absolute atomic E-state index is 6.00. The van der Waals surface area contributed by atoms with E-state index in [-0.39, 0.29) is 6.10 Å². The molecule has 4 nitrogen and oxygen atoms in total. The Balaban J connectivity index is 1.70. The minimum absolute atomic E-state index is 0.197. The van der Waals surface area contributed by atoms with E-state index in [9.17, 15) is 0 Å². The Morgan fingerprint density at radius 1 is 1.40 bits per heavy atom. The van der Waals surface area contributed by atoms with Gasteiger partial charge < -0.3 is 14.6 Å². The summed E-state index contributed by atoms with van der Waals surface area (Å²) >= 11 is 0. The van der Waals surface area contributed by atoms with Crippen LogP contribution in [0, 0.1) is 6.92 Å². The molecule has 0 aliphatic carbocycles. The molecule has 1 N–H and O–H groups in total. The normalized spacial score (nSPS) is 16.8. The minimum atomic E-state index is 0.197. The Bertz CT molecular complexity index is 566. The third-order valence-corrected chi connectivity index (χ3v) is 3.54. The molecule has 1 aromatic carbocycles. The molecule has 20 heavy (non-hydrogen) atoms. The number of hydrogen-bond donors (Lipinski definition) is 1. The van der Waals surface area contributed by atoms with Gasteiger partial charge in [-0.3, -0.25) is 0 Å². The van der Waals surface area contributed by atoms with Crippen LogP contribution in [0.15, 0.2) is 30.5 Å². The number of hydrogen-bond acceptors (Lipinski definition) is 3. The van der Waals surface area contributed by atoms with Crippen LogP contribution in [0.1, 0.15) is 24.6 Å². The highest BCUT2D eigenvalue weighted by molar-refractivity contribution is 5.37. The third kappa shape index (κ3) is 2.64. The lowest BCUT2D eigenvalue weighted by atomic mass is 10.1. The van der Waals surface area contributed by atoms with E-state index in [1.54, 1.807) is 0 Å². The van der Waals surface area contributed by atoms with E-state index in [2.05, 4.69) is 40.1 Å². The van der Waals surface area contributed by atoms with Gasteiger partial charge in [0.05, 0.1) is 12.2 Å². The molecule has 1 aliphatic heterocycles. The molecule has 3 rings (SSSR count). The lowest BCUT2D eigenvalue weighted by Crippen LogP contribution is -2.21. The predicted octanol–water partition coefficient (Wildman–Crippen LogP) is 3.02. The topological polar surface area (TPSA) is 39.1 Å². The van der Waals surface area contributed by atoms with Crippen molar-refractivity contribution in [2.45, 2.75) is 39.3 Å². The first-order valence-electron chi connectivity index (χ1n) is 7.28. The van der Waals surface area contributed by atoms with Gasteiger partial charge in [-0.1, -0.05) is 25.1 Å². The van der Waals surface area contributed by atoms with Crippen LogP contribution in [-0.2, 0) is 13.0 Å². The smallest absolute Gasteiger partial charge is 0.203 e. The van der Waals surface area contributed by atoms with Crippen LogP contribution in [0.2, 0.25) is 0 Å². The molecule has 1 unspecified atom stereocenters. The van der Waals surface area contributed by atoms with Crippen LogP contribution in [0.5, 0.6) is 5.75 Å². The Morgan fingerprint density at radius 3 is 3.05 bits per heavy atom. The number of nitrogens with zero attached hydrogens (tertiary/aromatic N) is 2. The number of anilines is 1. The summed E-state index contributed by atoms with van der Waals surface area (Å²) in [7, 11) is 0. The Kier molecular flexibility index (Phi) is 3.63. The molecule has 106 valence electrons. The summed E-state index contributed by atoms with van der Waals surface area (Å²) < 4.78 is 8.17. The van der Waals surface area contributed by atoms with Crippen molar-refractivity contribution in [1.82, 2.24) is 9.55 Å². The zero-order valence-electron chi connectivity index (χ0n) is 12.1. The van der Waals surface area contributed by atoms with Crippen molar-refractivity contribution in [2.24, 2.45) is 0 Å². The molecule has 2 heterocycles. The number of nitrogens with one attached hydrogen (secondary N) is 1. The molecule has 0 saturated carbocycles. The summed E-state index contributed by atoms with van der Waals surface area (Å²) in [5.41, 5.74) is 2.34. The van der Waals surface area contributed by atoms with Crippen LogP contribution in [0.25, 0.3) is 0 Å². The van der Waals surface area contributed by atoms with E-state index in [0.717, 1.165) is 43.3 Å². The van der Waals surface area contributed by atoms with E-state index in [1.807, 2.05) is 19.1 Å². The van der Waals surface area contributed by atoms with Gasteiger partial charge in [0.2, 0.25) is 5.95 Å². The molecular formula is C16H21N3O. The Morgan fingerprint density at radius 2 is 2.25 bits per heavy atom. The van der Waals surface area contributed by atoms with Crippen molar-refractivity contribution in [3.8, 4) is 5.75 Å². The Hall–Kier alpha value is -1.97. The van der Waals surface area contributed by atoms with Gasteiger partial charge in [-0.15, -0.1) is 0 Å². The SMILES string of the molecule is CCCNc1nc(C)cn1CC1Cc2ccccc2O1. The second kappa shape index (κ2) is 5.57. The first kappa shape index (κ1) is 13.0. The maximum Gasteiger partial charge on any atom is 0.203 e. The first-order valence-corrected chi connectivity index (χ1v) is 7.28. The number of aryl methyl sites for hydroxylation is 1. The number of ether oxygens (including phenoxy) is 1. The zero-order chi connectivity index (χ0) is 13.9. The monoisotopic (exact) mass is 271 g/mol. The fourth-order valence-electron chi connectivity index (χ4n) is 2.64. The summed E-state index contributed by atoms with van der Waals surface area (Å²) in [5, 5.41) is 3.38.